The average molecular weight is 290 g/mol. The minimum atomic E-state index is 0.147. The molecule has 1 fully saturated rings. The summed E-state index contributed by atoms with van der Waals surface area (Å²) in [6, 6.07) is 4.36. The lowest BCUT2D eigenvalue weighted by atomic mass is 10.1. The fourth-order valence-corrected chi connectivity index (χ4v) is 2.59. The topological polar surface area (TPSA) is 31.4 Å². The first-order chi connectivity index (χ1) is 9.98. The van der Waals surface area contributed by atoms with E-state index < -0.39 is 0 Å². The third-order valence-corrected chi connectivity index (χ3v) is 3.87. The predicted octanol–water partition coefficient (Wildman–Crippen LogP) is 2.50. The van der Waals surface area contributed by atoms with Crippen molar-refractivity contribution in [3.63, 3.8) is 0 Å². The first-order valence-corrected chi connectivity index (χ1v) is 8.15. The molecule has 0 unspecified atom stereocenters. The van der Waals surface area contributed by atoms with Crippen LogP contribution in [-0.4, -0.2) is 48.1 Å². The van der Waals surface area contributed by atoms with E-state index >= 15 is 0 Å². The summed E-state index contributed by atoms with van der Waals surface area (Å²) < 4.78 is 0. The molecule has 0 aliphatic carbocycles. The van der Waals surface area contributed by atoms with Gasteiger partial charge in [0, 0.05) is 44.5 Å². The lowest BCUT2D eigenvalue weighted by Gasteiger charge is -2.35. The van der Waals surface area contributed by atoms with Crippen molar-refractivity contribution < 1.29 is 0 Å². The van der Waals surface area contributed by atoms with Gasteiger partial charge in [-0.25, -0.2) is 4.98 Å². The highest BCUT2D eigenvalue weighted by atomic mass is 15.3. The van der Waals surface area contributed by atoms with Gasteiger partial charge in [0.05, 0.1) is 0 Å². The molecule has 2 heterocycles. The molecule has 1 aliphatic heterocycles. The lowest BCUT2D eigenvalue weighted by molar-refractivity contribution is 0.258. The monoisotopic (exact) mass is 290 g/mol. The number of pyridine rings is 1. The van der Waals surface area contributed by atoms with Gasteiger partial charge in [0.25, 0.3) is 0 Å². The second kappa shape index (κ2) is 7.23. The Labute approximate surface area is 129 Å². The second-order valence-corrected chi connectivity index (χ2v) is 6.96. The number of piperazine rings is 1. The van der Waals surface area contributed by atoms with Gasteiger partial charge in [-0.05, 0) is 45.4 Å². The summed E-state index contributed by atoms with van der Waals surface area (Å²) in [6.07, 6.45) is 3.25. The lowest BCUT2D eigenvalue weighted by Crippen LogP contribution is -2.46. The molecule has 1 aromatic rings. The average Bonchev–Trinajstić information content (AvgIpc) is 2.46. The van der Waals surface area contributed by atoms with Crippen molar-refractivity contribution in [3.05, 3.63) is 23.9 Å². The first-order valence-electron chi connectivity index (χ1n) is 8.15. The van der Waals surface area contributed by atoms with E-state index in [1.165, 1.54) is 18.5 Å². The van der Waals surface area contributed by atoms with Crippen LogP contribution in [0.3, 0.4) is 0 Å². The van der Waals surface area contributed by atoms with Gasteiger partial charge in [-0.15, -0.1) is 0 Å². The maximum atomic E-state index is 4.64. The van der Waals surface area contributed by atoms with Gasteiger partial charge in [-0.1, -0.05) is 13.0 Å². The highest BCUT2D eigenvalue weighted by molar-refractivity contribution is 5.39. The smallest absolute Gasteiger partial charge is 0.128 e. The largest absolute Gasteiger partial charge is 0.354 e. The molecule has 0 aromatic carbocycles. The first kappa shape index (κ1) is 16.2. The van der Waals surface area contributed by atoms with E-state index in [0.29, 0.717) is 0 Å². The highest BCUT2D eigenvalue weighted by Crippen LogP contribution is 2.14. The van der Waals surface area contributed by atoms with Gasteiger partial charge in [0.15, 0.2) is 0 Å². The predicted molar refractivity (Wildman–Crippen MR) is 89.8 cm³/mol. The van der Waals surface area contributed by atoms with Crippen LogP contribution in [0, 0.1) is 0 Å². The van der Waals surface area contributed by atoms with Crippen LogP contribution in [0.25, 0.3) is 0 Å². The summed E-state index contributed by atoms with van der Waals surface area (Å²) in [5.41, 5.74) is 1.40. The second-order valence-electron chi connectivity index (χ2n) is 6.96. The van der Waals surface area contributed by atoms with E-state index in [9.17, 15) is 0 Å². The highest BCUT2D eigenvalue weighted by Gasteiger charge is 2.17. The van der Waals surface area contributed by atoms with Gasteiger partial charge in [0.1, 0.15) is 5.82 Å². The molecule has 0 spiro atoms. The number of aromatic nitrogens is 1. The Morgan fingerprint density at radius 3 is 2.38 bits per heavy atom. The van der Waals surface area contributed by atoms with E-state index in [1.807, 2.05) is 6.20 Å². The Hall–Kier alpha value is -1.13. The van der Waals surface area contributed by atoms with Crippen LogP contribution in [0.4, 0.5) is 5.82 Å². The van der Waals surface area contributed by atoms with Crippen molar-refractivity contribution in [1.82, 2.24) is 15.2 Å². The molecule has 0 bridgehead atoms. The molecule has 0 radical (unpaired) electrons. The zero-order valence-electron chi connectivity index (χ0n) is 14.0. The molecule has 1 saturated heterocycles. The SMILES string of the molecule is CCCN1CCN(c2ccc(CNC(C)(C)C)cn2)CC1. The van der Waals surface area contributed by atoms with E-state index in [4.69, 9.17) is 0 Å². The number of nitrogens with zero attached hydrogens (tertiary/aromatic N) is 3. The molecule has 118 valence electrons. The zero-order chi connectivity index (χ0) is 15.3. The third-order valence-electron chi connectivity index (χ3n) is 3.87. The summed E-state index contributed by atoms with van der Waals surface area (Å²) >= 11 is 0. The maximum Gasteiger partial charge on any atom is 0.128 e. The number of nitrogens with one attached hydrogen (secondary N) is 1. The maximum absolute atomic E-state index is 4.64. The molecule has 0 atom stereocenters. The van der Waals surface area contributed by atoms with E-state index in [0.717, 1.165) is 38.5 Å². The Bertz CT molecular complexity index is 413. The normalized spacial score (nSPS) is 17.2. The Morgan fingerprint density at radius 2 is 1.86 bits per heavy atom. The molecule has 2 rings (SSSR count). The van der Waals surface area contributed by atoms with Crippen LogP contribution in [0.15, 0.2) is 18.3 Å². The van der Waals surface area contributed by atoms with Crippen molar-refractivity contribution in [2.75, 3.05) is 37.6 Å². The quantitative estimate of drug-likeness (QED) is 0.903. The minimum Gasteiger partial charge on any atom is -0.354 e. The summed E-state index contributed by atoms with van der Waals surface area (Å²) in [4.78, 5) is 9.58. The van der Waals surface area contributed by atoms with Crippen molar-refractivity contribution >= 4 is 5.82 Å². The van der Waals surface area contributed by atoms with Crippen LogP contribution in [0.2, 0.25) is 0 Å². The number of hydrogen-bond acceptors (Lipinski definition) is 4. The van der Waals surface area contributed by atoms with Gasteiger partial charge >= 0.3 is 0 Å². The van der Waals surface area contributed by atoms with Gasteiger partial charge in [0.2, 0.25) is 0 Å². The van der Waals surface area contributed by atoms with Gasteiger partial charge in [-0.3, -0.25) is 4.90 Å². The molecule has 1 N–H and O–H groups in total. The molecule has 1 aromatic heterocycles. The summed E-state index contributed by atoms with van der Waals surface area (Å²) in [7, 11) is 0. The number of hydrogen-bond donors (Lipinski definition) is 1. The molecule has 1 aliphatic rings. The molecule has 4 nitrogen and oxygen atoms in total. The summed E-state index contributed by atoms with van der Waals surface area (Å²) in [5.74, 6) is 1.12. The fraction of sp³-hybridized carbons (Fsp3) is 0.706. The molecule has 21 heavy (non-hydrogen) atoms. The van der Waals surface area contributed by atoms with Crippen LogP contribution < -0.4 is 10.2 Å². The molecule has 0 amide bonds. The van der Waals surface area contributed by atoms with Crippen LogP contribution in [0.5, 0.6) is 0 Å². The fourth-order valence-electron chi connectivity index (χ4n) is 2.59. The number of rotatable bonds is 5. The molecule has 0 saturated carbocycles. The van der Waals surface area contributed by atoms with Crippen LogP contribution in [-0.2, 0) is 6.54 Å². The third kappa shape index (κ3) is 5.29. The molecular weight excluding hydrogens is 260 g/mol. The Morgan fingerprint density at radius 1 is 1.14 bits per heavy atom. The van der Waals surface area contributed by atoms with Crippen molar-refractivity contribution in [1.29, 1.82) is 0 Å². The zero-order valence-corrected chi connectivity index (χ0v) is 14.0. The Kier molecular flexibility index (Phi) is 5.59. The van der Waals surface area contributed by atoms with Crippen molar-refractivity contribution in [2.45, 2.75) is 46.2 Å². The number of anilines is 1. The summed E-state index contributed by atoms with van der Waals surface area (Å²) in [6.45, 7) is 15.4. The van der Waals surface area contributed by atoms with Gasteiger partial charge in [-0.2, -0.15) is 0 Å². The van der Waals surface area contributed by atoms with Crippen LogP contribution >= 0.6 is 0 Å². The molecule has 4 heteroatoms. The summed E-state index contributed by atoms with van der Waals surface area (Å²) in [5, 5.41) is 3.50. The van der Waals surface area contributed by atoms with Crippen LogP contribution in [0.1, 0.15) is 39.7 Å². The standard InChI is InChI=1S/C17H30N4/c1-5-8-20-9-11-21(12-10-20)16-7-6-15(13-18-16)14-19-17(2,3)4/h6-7,13,19H,5,8-12,14H2,1-4H3. The van der Waals surface area contributed by atoms with E-state index in [2.05, 4.69) is 59.9 Å². The van der Waals surface area contributed by atoms with Crippen molar-refractivity contribution in [3.8, 4) is 0 Å². The molecular formula is C17H30N4. The van der Waals surface area contributed by atoms with E-state index in [-0.39, 0.29) is 5.54 Å². The minimum absolute atomic E-state index is 0.147. The van der Waals surface area contributed by atoms with E-state index in [1.54, 1.807) is 0 Å². The Balaban J connectivity index is 1.85. The van der Waals surface area contributed by atoms with Crippen molar-refractivity contribution in [2.24, 2.45) is 0 Å². The van der Waals surface area contributed by atoms with Gasteiger partial charge < -0.3 is 10.2 Å².